The SMILES string of the molecule is COc1ccc(CN(C)C(=O)c2cccc(NS(=O)(=O)c3ccc(C)cc3)c2)cc1. The Bertz CT molecular complexity index is 1120. The second-order valence-corrected chi connectivity index (χ2v) is 8.69. The molecule has 0 saturated heterocycles. The Morgan fingerprint density at radius 2 is 1.67 bits per heavy atom. The number of carbonyl (C=O) groups excluding carboxylic acids is 1. The fourth-order valence-electron chi connectivity index (χ4n) is 2.94. The molecular weight excluding hydrogens is 400 g/mol. The number of hydrogen-bond acceptors (Lipinski definition) is 4. The molecule has 3 rings (SSSR count). The number of sulfonamides is 1. The predicted octanol–water partition coefficient (Wildman–Crippen LogP) is 4.08. The first-order valence-electron chi connectivity index (χ1n) is 9.36. The van der Waals surface area contributed by atoms with Gasteiger partial charge in [0, 0.05) is 24.8 Å². The number of ether oxygens (including phenoxy) is 1. The van der Waals surface area contributed by atoms with Crippen molar-refractivity contribution in [3.05, 3.63) is 89.5 Å². The third-order valence-corrected chi connectivity index (χ3v) is 6.02. The first-order chi connectivity index (χ1) is 14.3. The van der Waals surface area contributed by atoms with Gasteiger partial charge in [-0.3, -0.25) is 9.52 Å². The zero-order chi connectivity index (χ0) is 21.7. The highest BCUT2D eigenvalue weighted by atomic mass is 32.2. The molecule has 0 radical (unpaired) electrons. The lowest BCUT2D eigenvalue weighted by molar-refractivity contribution is 0.0785. The van der Waals surface area contributed by atoms with Gasteiger partial charge in [0.05, 0.1) is 12.0 Å². The smallest absolute Gasteiger partial charge is 0.261 e. The Morgan fingerprint density at radius 3 is 2.30 bits per heavy atom. The lowest BCUT2D eigenvalue weighted by Gasteiger charge is -2.18. The Labute approximate surface area is 177 Å². The second kappa shape index (κ2) is 9.00. The first-order valence-corrected chi connectivity index (χ1v) is 10.8. The van der Waals surface area contributed by atoms with Crippen molar-refractivity contribution in [1.29, 1.82) is 0 Å². The van der Waals surface area contributed by atoms with Gasteiger partial charge in [-0.15, -0.1) is 0 Å². The van der Waals surface area contributed by atoms with Crippen molar-refractivity contribution >= 4 is 21.6 Å². The molecule has 156 valence electrons. The number of nitrogens with one attached hydrogen (secondary N) is 1. The number of nitrogens with zero attached hydrogens (tertiary/aromatic N) is 1. The number of hydrogen-bond donors (Lipinski definition) is 1. The molecule has 0 heterocycles. The number of carbonyl (C=O) groups is 1. The van der Waals surface area contributed by atoms with Crippen LogP contribution in [-0.4, -0.2) is 33.4 Å². The number of aryl methyl sites for hydroxylation is 1. The van der Waals surface area contributed by atoms with Gasteiger partial charge in [-0.05, 0) is 55.0 Å². The lowest BCUT2D eigenvalue weighted by Crippen LogP contribution is -2.26. The Morgan fingerprint density at radius 1 is 1.00 bits per heavy atom. The Hall–Kier alpha value is -3.32. The molecule has 0 aliphatic heterocycles. The maximum Gasteiger partial charge on any atom is 0.261 e. The zero-order valence-corrected chi connectivity index (χ0v) is 17.9. The standard InChI is InChI=1S/C23H24N2O4S/c1-17-7-13-22(14-8-17)30(27,28)24-20-6-4-5-19(15-20)23(26)25(2)16-18-9-11-21(29-3)12-10-18/h4-15,24H,16H2,1-3H3. The summed E-state index contributed by atoms with van der Waals surface area (Å²) in [5.41, 5.74) is 2.67. The van der Waals surface area contributed by atoms with Crippen molar-refractivity contribution < 1.29 is 17.9 Å². The van der Waals surface area contributed by atoms with E-state index in [-0.39, 0.29) is 10.8 Å². The van der Waals surface area contributed by atoms with Crippen molar-refractivity contribution in [2.45, 2.75) is 18.4 Å². The van der Waals surface area contributed by atoms with Crippen LogP contribution < -0.4 is 9.46 Å². The molecule has 0 aliphatic rings. The molecule has 0 spiro atoms. The molecular formula is C23H24N2O4S. The number of anilines is 1. The van der Waals surface area contributed by atoms with E-state index < -0.39 is 10.0 Å². The molecule has 30 heavy (non-hydrogen) atoms. The van der Waals surface area contributed by atoms with Gasteiger partial charge < -0.3 is 9.64 Å². The number of benzene rings is 3. The van der Waals surface area contributed by atoms with Crippen LogP contribution in [0, 0.1) is 6.92 Å². The van der Waals surface area contributed by atoms with Gasteiger partial charge >= 0.3 is 0 Å². The molecule has 0 aliphatic carbocycles. The largest absolute Gasteiger partial charge is 0.497 e. The lowest BCUT2D eigenvalue weighted by atomic mass is 10.1. The fraction of sp³-hybridized carbons (Fsp3) is 0.174. The van der Waals surface area contributed by atoms with E-state index in [1.807, 2.05) is 31.2 Å². The van der Waals surface area contributed by atoms with Crippen molar-refractivity contribution in [2.75, 3.05) is 18.9 Å². The normalized spacial score (nSPS) is 11.0. The van der Waals surface area contributed by atoms with Gasteiger partial charge in [-0.2, -0.15) is 0 Å². The fourth-order valence-corrected chi connectivity index (χ4v) is 3.99. The summed E-state index contributed by atoms with van der Waals surface area (Å²) in [6.07, 6.45) is 0. The maximum atomic E-state index is 12.8. The van der Waals surface area contributed by atoms with Crippen LogP contribution in [0.5, 0.6) is 5.75 Å². The van der Waals surface area contributed by atoms with Gasteiger partial charge in [0.2, 0.25) is 0 Å². The summed E-state index contributed by atoms with van der Waals surface area (Å²) in [6, 6.07) is 20.5. The van der Waals surface area contributed by atoms with Crippen molar-refractivity contribution in [1.82, 2.24) is 4.90 Å². The van der Waals surface area contributed by atoms with E-state index in [0.29, 0.717) is 17.8 Å². The van der Waals surface area contributed by atoms with E-state index in [1.54, 1.807) is 67.6 Å². The van der Waals surface area contributed by atoms with Gasteiger partial charge in [0.25, 0.3) is 15.9 Å². The molecule has 1 amide bonds. The molecule has 6 nitrogen and oxygen atoms in total. The molecule has 3 aromatic rings. The monoisotopic (exact) mass is 424 g/mol. The zero-order valence-electron chi connectivity index (χ0n) is 17.1. The summed E-state index contributed by atoms with van der Waals surface area (Å²) in [7, 11) is -0.429. The van der Waals surface area contributed by atoms with E-state index in [2.05, 4.69) is 4.72 Å². The second-order valence-electron chi connectivity index (χ2n) is 7.01. The average Bonchev–Trinajstić information content (AvgIpc) is 2.74. The summed E-state index contributed by atoms with van der Waals surface area (Å²) < 4.78 is 32.9. The van der Waals surface area contributed by atoms with Crippen LogP contribution in [0.25, 0.3) is 0 Å². The molecule has 0 unspecified atom stereocenters. The van der Waals surface area contributed by atoms with Crippen LogP contribution in [0.4, 0.5) is 5.69 Å². The quantitative estimate of drug-likeness (QED) is 0.620. The molecule has 0 aromatic heterocycles. The van der Waals surface area contributed by atoms with Gasteiger partial charge in [-0.25, -0.2) is 8.42 Å². The molecule has 0 bridgehead atoms. The van der Waals surface area contributed by atoms with Gasteiger partial charge in [0.15, 0.2) is 0 Å². The van der Waals surface area contributed by atoms with Crippen LogP contribution in [0.3, 0.4) is 0 Å². The van der Waals surface area contributed by atoms with E-state index in [9.17, 15) is 13.2 Å². The van der Waals surface area contributed by atoms with E-state index in [0.717, 1.165) is 16.9 Å². The van der Waals surface area contributed by atoms with Crippen molar-refractivity contribution in [3.8, 4) is 5.75 Å². The minimum Gasteiger partial charge on any atom is -0.497 e. The van der Waals surface area contributed by atoms with Crippen LogP contribution in [0.2, 0.25) is 0 Å². The first kappa shape index (κ1) is 21.4. The minimum absolute atomic E-state index is 0.168. The van der Waals surface area contributed by atoms with E-state index >= 15 is 0 Å². The number of methoxy groups -OCH3 is 1. The van der Waals surface area contributed by atoms with Crippen LogP contribution in [0.15, 0.2) is 77.7 Å². The third-order valence-electron chi connectivity index (χ3n) is 4.62. The van der Waals surface area contributed by atoms with Crippen molar-refractivity contribution in [3.63, 3.8) is 0 Å². The third kappa shape index (κ3) is 5.18. The minimum atomic E-state index is -3.73. The van der Waals surface area contributed by atoms with Gasteiger partial charge in [0.1, 0.15) is 5.75 Å². The molecule has 1 N–H and O–H groups in total. The molecule has 0 saturated carbocycles. The highest BCUT2D eigenvalue weighted by Crippen LogP contribution is 2.19. The molecule has 7 heteroatoms. The van der Waals surface area contributed by atoms with E-state index in [4.69, 9.17) is 4.74 Å². The molecule has 0 atom stereocenters. The predicted molar refractivity (Wildman–Crippen MR) is 117 cm³/mol. The topological polar surface area (TPSA) is 75.7 Å². The summed E-state index contributed by atoms with van der Waals surface area (Å²) in [5.74, 6) is 0.545. The van der Waals surface area contributed by atoms with Gasteiger partial charge in [-0.1, -0.05) is 35.9 Å². The average molecular weight is 425 g/mol. The van der Waals surface area contributed by atoms with Crippen molar-refractivity contribution in [2.24, 2.45) is 0 Å². The number of rotatable bonds is 7. The Balaban J connectivity index is 1.73. The molecule has 3 aromatic carbocycles. The Kier molecular flexibility index (Phi) is 6.42. The summed E-state index contributed by atoms with van der Waals surface area (Å²) in [5, 5.41) is 0. The highest BCUT2D eigenvalue weighted by molar-refractivity contribution is 7.92. The van der Waals surface area contributed by atoms with Crippen LogP contribution in [0.1, 0.15) is 21.5 Å². The summed E-state index contributed by atoms with van der Waals surface area (Å²) in [6.45, 7) is 2.31. The van der Waals surface area contributed by atoms with Crippen LogP contribution in [-0.2, 0) is 16.6 Å². The number of amides is 1. The van der Waals surface area contributed by atoms with Crippen LogP contribution >= 0.6 is 0 Å². The summed E-state index contributed by atoms with van der Waals surface area (Å²) in [4.78, 5) is 14.6. The highest BCUT2D eigenvalue weighted by Gasteiger charge is 2.16. The summed E-state index contributed by atoms with van der Waals surface area (Å²) >= 11 is 0. The van der Waals surface area contributed by atoms with E-state index in [1.165, 1.54) is 0 Å². The maximum absolute atomic E-state index is 12.8. The molecule has 0 fully saturated rings.